The SMILES string of the molecule is CC(O)CCC(=O)N(C)C(C)(C)CO. The highest BCUT2D eigenvalue weighted by Gasteiger charge is 2.26. The molecule has 4 nitrogen and oxygen atoms in total. The van der Waals surface area contributed by atoms with E-state index < -0.39 is 11.6 Å². The second kappa shape index (κ2) is 5.32. The Labute approximate surface area is 85.5 Å². The fourth-order valence-electron chi connectivity index (χ4n) is 0.944. The average molecular weight is 203 g/mol. The molecular weight excluding hydrogens is 182 g/mol. The Morgan fingerprint density at radius 3 is 2.36 bits per heavy atom. The van der Waals surface area contributed by atoms with Crippen LogP contribution in [0.25, 0.3) is 0 Å². The molecule has 0 saturated carbocycles. The number of carbonyl (C=O) groups is 1. The van der Waals surface area contributed by atoms with Gasteiger partial charge in [-0.15, -0.1) is 0 Å². The maximum atomic E-state index is 11.6. The Hall–Kier alpha value is -0.610. The van der Waals surface area contributed by atoms with E-state index in [1.807, 2.05) is 0 Å². The van der Waals surface area contributed by atoms with Gasteiger partial charge >= 0.3 is 0 Å². The van der Waals surface area contributed by atoms with E-state index in [1.165, 1.54) is 4.90 Å². The van der Waals surface area contributed by atoms with Crippen LogP contribution in [0.1, 0.15) is 33.6 Å². The predicted molar refractivity (Wildman–Crippen MR) is 54.8 cm³/mol. The number of likely N-dealkylation sites (N-methyl/N-ethyl adjacent to an activating group) is 1. The summed E-state index contributed by atoms with van der Waals surface area (Å²) in [5.74, 6) is -0.0510. The maximum Gasteiger partial charge on any atom is 0.222 e. The molecule has 1 atom stereocenters. The zero-order valence-electron chi connectivity index (χ0n) is 9.45. The van der Waals surface area contributed by atoms with Gasteiger partial charge in [-0.2, -0.15) is 0 Å². The van der Waals surface area contributed by atoms with Gasteiger partial charge < -0.3 is 15.1 Å². The van der Waals surface area contributed by atoms with Gasteiger partial charge in [-0.1, -0.05) is 0 Å². The van der Waals surface area contributed by atoms with Crippen molar-refractivity contribution in [3.8, 4) is 0 Å². The maximum absolute atomic E-state index is 11.6. The fourth-order valence-corrected chi connectivity index (χ4v) is 0.944. The topological polar surface area (TPSA) is 60.8 Å². The molecular formula is C10H21NO3. The van der Waals surface area contributed by atoms with Gasteiger partial charge in [0.25, 0.3) is 0 Å². The number of carbonyl (C=O) groups excluding carboxylic acids is 1. The molecule has 1 unspecified atom stereocenters. The van der Waals surface area contributed by atoms with E-state index in [0.29, 0.717) is 12.8 Å². The molecule has 4 heteroatoms. The summed E-state index contributed by atoms with van der Waals surface area (Å²) in [5, 5.41) is 18.1. The third-order valence-electron chi connectivity index (χ3n) is 2.45. The molecule has 0 rings (SSSR count). The molecule has 0 aliphatic heterocycles. The van der Waals surface area contributed by atoms with Crippen molar-refractivity contribution in [2.45, 2.75) is 45.3 Å². The van der Waals surface area contributed by atoms with Crippen LogP contribution in [-0.4, -0.2) is 46.3 Å². The summed E-state index contributed by atoms with van der Waals surface area (Å²) in [4.78, 5) is 13.1. The van der Waals surface area contributed by atoms with Crippen LogP contribution in [0.2, 0.25) is 0 Å². The monoisotopic (exact) mass is 203 g/mol. The van der Waals surface area contributed by atoms with Crippen molar-refractivity contribution in [3.05, 3.63) is 0 Å². The molecule has 0 fully saturated rings. The Bertz CT molecular complexity index is 190. The number of rotatable bonds is 5. The lowest BCUT2D eigenvalue weighted by Crippen LogP contribution is -2.47. The van der Waals surface area contributed by atoms with E-state index in [4.69, 9.17) is 10.2 Å². The van der Waals surface area contributed by atoms with E-state index in [-0.39, 0.29) is 12.5 Å². The van der Waals surface area contributed by atoms with Crippen molar-refractivity contribution < 1.29 is 15.0 Å². The van der Waals surface area contributed by atoms with Crippen LogP contribution < -0.4 is 0 Å². The van der Waals surface area contributed by atoms with E-state index in [2.05, 4.69) is 0 Å². The molecule has 2 N–H and O–H groups in total. The first-order valence-electron chi connectivity index (χ1n) is 4.87. The smallest absolute Gasteiger partial charge is 0.222 e. The minimum Gasteiger partial charge on any atom is -0.394 e. The molecule has 0 aliphatic carbocycles. The second-order valence-electron chi connectivity index (χ2n) is 4.31. The van der Waals surface area contributed by atoms with Crippen LogP contribution in [0, 0.1) is 0 Å². The molecule has 0 spiro atoms. The lowest BCUT2D eigenvalue weighted by molar-refractivity contribution is -0.136. The number of hydrogen-bond acceptors (Lipinski definition) is 3. The normalized spacial score (nSPS) is 13.9. The summed E-state index contributed by atoms with van der Waals surface area (Å²) in [5.41, 5.74) is -0.532. The Balaban J connectivity index is 4.12. The van der Waals surface area contributed by atoms with Crippen molar-refractivity contribution in [1.29, 1.82) is 0 Å². The first kappa shape index (κ1) is 13.4. The molecule has 0 radical (unpaired) electrons. The molecule has 0 aromatic carbocycles. The summed E-state index contributed by atoms with van der Waals surface area (Å²) in [6.45, 7) is 5.19. The van der Waals surface area contributed by atoms with Crippen LogP contribution >= 0.6 is 0 Å². The molecule has 0 saturated heterocycles. The van der Waals surface area contributed by atoms with Crippen LogP contribution in [-0.2, 0) is 4.79 Å². The number of nitrogens with zero attached hydrogens (tertiary/aromatic N) is 1. The van der Waals surface area contributed by atoms with Crippen LogP contribution in [0.4, 0.5) is 0 Å². The van der Waals surface area contributed by atoms with Gasteiger partial charge in [-0.05, 0) is 27.2 Å². The lowest BCUT2D eigenvalue weighted by Gasteiger charge is -2.34. The van der Waals surface area contributed by atoms with Gasteiger partial charge in [0.1, 0.15) is 0 Å². The molecule has 0 aliphatic rings. The molecule has 0 aromatic heterocycles. The fraction of sp³-hybridized carbons (Fsp3) is 0.900. The van der Waals surface area contributed by atoms with E-state index in [9.17, 15) is 4.79 Å². The first-order valence-corrected chi connectivity index (χ1v) is 4.87. The predicted octanol–water partition coefficient (Wildman–Crippen LogP) is 0.377. The van der Waals surface area contributed by atoms with Crippen molar-refractivity contribution in [1.82, 2.24) is 4.90 Å². The summed E-state index contributed by atoms with van der Waals surface area (Å²) < 4.78 is 0. The molecule has 0 aromatic rings. The Kier molecular flexibility index (Phi) is 5.08. The summed E-state index contributed by atoms with van der Waals surface area (Å²) in [7, 11) is 1.67. The molecule has 0 heterocycles. The number of aliphatic hydroxyl groups excluding tert-OH is 2. The van der Waals surface area contributed by atoms with Crippen molar-refractivity contribution in [3.63, 3.8) is 0 Å². The minimum absolute atomic E-state index is 0.0510. The quantitative estimate of drug-likeness (QED) is 0.679. The van der Waals surface area contributed by atoms with Crippen molar-refractivity contribution in [2.24, 2.45) is 0 Å². The zero-order valence-corrected chi connectivity index (χ0v) is 9.45. The standard InChI is InChI=1S/C10H21NO3/c1-8(13)5-6-9(14)11(4)10(2,3)7-12/h8,12-13H,5-7H2,1-4H3. The van der Waals surface area contributed by atoms with Crippen LogP contribution in [0.5, 0.6) is 0 Å². The zero-order chi connectivity index (χ0) is 11.4. The van der Waals surface area contributed by atoms with Gasteiger partial charge in [0.2, 0.25) is 5.91 Å². The molecule has 14 heavy (non-hydrogen) atoms. The Morgan fingerprint density at radius 2 is 2.00 bits per heavy atom. The lowest BCUT2D eigenvalue weighted by atomic mass is 10.0. The van der Waals surface area contributed by atoms with Gasteiger partial charge in [0.05, 0.1) is 18.2 Å². The van der Waals surface area contributed by atoms with Gasteiger partial charge in [0, 0.05) is 13.5 Å². The highest BCUT2D eigenvalue weighted by atomic mass is 16.3. The number of aliphatic hydroxyl groups is 2. The third kappa shape index (κ3) is 4.07. The van der Waals surface area contributed by atoms with Gasteiger partial charge in [-0.25, -0.2) is 0 Å². The summed E-state index contributed by atoms with van der Waals surface area (Å²) in [6, 6.07) is 0. The average Bonchev–Trinajstić information content (AvgIpc) is 2.12. The van der Waals surface area contributed by atoms with Gasteiger partial charge in [0.15, 0.2) is 0 Å². The number of hydrogen-bond donors (Lipinski definition) is 2. The number of amides is 1. The largest absolute Gasteiger partial charge is 0.394 e. The molecule has 0 bridgehead atoms. The van der Waals surface area contributed by atoms with E-state index >= 15 is 0 Å². The van der Waals surface area contributed by atoms with E-state index in [0.717, 1.165) is 0 Å². The van der Waals surface area contributed by atoms with Crippen LogP contribution in [0.3, 0.4) is 0 Å². The second-order valence-corrected chi connectivity index (χ2v) is 4.31. The summed E-state index contributed by atoms with van der Waals surface area (Å²) >= 11 is 0. The van der Waals surface area contributed by atoms with E-state index in [1.54, 1.807) is 27.8 Å². The summed E-state index contributed by atoms with van der Waals surface area (Å²) in [6.07, 6.45) is 0.326. The molecule has 84 valence electrons. The third-order valence-corrected chi connectivity index (χ3v) is 2.45. The van der Waals surface area contributed by atoms with Crippen molar-refractivity contribution >= 4 is 5.91 Å². The van der Waals surface area contributed by atoms with Crippen LogP contribution in [0.15, 0.2) is 0 Å². The van der Waals surface area contributed by atoms with Crippen molar-refractivity contribution in [2.75, 3.05) is 13.7 Å². The highest BCUT2D eigenvalue weighted by molar-refractivity contribution is 5.76. The van der Waals surface area contributed by atoms with Gasteiger partial charge in [-0.3, -0.25) is 4.79 Å². The first-order chi connectivity index (χ1) is 6.31. The molecule has 1 amide bonds. The minimum atomic E-state index is -0.532. The highest BCUT2D eigenvalue weighted by Crippen LogP contribution is 2.13. The Morgan fingerprint density at radius 1 is 1.50 bits per heavy atom.